The van der Waals surface area contributed by atoms with Gasteiger partial charge in [-0.15, -0.1) is 0 Å². The number of anilines is 1. The van der Waals surface area contributed by atoms with Crippen LogP contribution in [0.4, 0.5) is 5.69 Å². The maximum absolute atomic E-state index is 13.6. The van der Waals surface area contributed by atoms with Crippen molar-refractivity contribution in [2.45, 2.75) is 13.0 Å². The maximum atomic E-state index is 13.6. The number of hydrogen-bond donors (Lipinski definition) is 1. The predicted octanol–water partition coefficient (Wildman–Crippen LogP) is 4.37. The molecule has 2 heterocycles. The number of hydrogen-bond acceptors (Lipinski definition) is 5. The number of aryl methyl sites for hydroxylation is 1. The van der Waals surface area contributed by atoms with E-state index in [9.17, 15) is 14.4 Å². The molecule has 34 heavy (non-hydrogen) atoms. The third kappa shape index (κ3) is 3.70. The molecule has 4 aromatic rings. The van der Waals surface area contributed by atoms with Crippen LogP contribution in [0.5, 0.6) is 5.75 Å². The molecule has 0 aliphatic carbocycles. The van der Waals surface area contributed by atoms with E-state index in [0.29, 0.717) is 33.0 Å². The van der Waals surface area contributed by atoms with Gasteiger partial charge in [0.2, 0.25) is 5.76 Å². The SMILES string of the molecule is Cc1ccc2oc3c(c(=O)c2c1)C(c1ccc(OCC(N)=O)cc1)N(c1cccc(Cl)c1)C3=O. The molecule has 1 unspecified atom stereocenters. The zero-order valence-electron chi connectivity index (χ0n) is 18.1. The first-order valence-corrected chi connectivity index (χ1v) is 10.9. The summed E-state index contributed by atoms with van der Waals surface area (Å²) in [5.41, 5.74) is 7.59. The van der Waals surface area contributed by atoms with Gasteiger partial charge in [0.05, 0.1) is 17.0 Å². The van der Waals surface area contributed by atoms with Gasteiger partial charge in [-0.1, -0.05) is 41.4 Å². The van der Waals surface area contributed by atoms with Gasteiger partial charge in [-0.25, -0.2) is 0 Å². The molecule has 0 radical (unpaired) electrons. The quantitative estimate of drug-likeness (QED) is 0.462. The molecular formula is C26H19ClN2O5. The van der Waals surface area contributed by atoms with Gasteiger partial charge in [-0.3, -0.25) is 19.3 Å². The molecule has 0 bridgehead atoms. The lowest BCUT2D eigenvalue weighted by molar-refractivity contribution is -0.119. The molecule has 3 aromatic carbocycles. The summed E-state index contributed by atoms with van der Waals surface area (Å²) in [4.78, 5) is 39.7. The number of nitrogens with zero attached hydrogens (tertiary/aromatic N) is 1. The van der Waals surface area contributed by atoms with Crippen LogP contribution in [0.1, 0.15) is 33.3 Å². The van der Waals surface area contributed by atoms with Crippen LogP contribution in [-0.2, 0) is 4.79 Å². The average Bonchev–Trinajstić information content (AvgIpc) is 3.11. The summed E-state index contributed by atoms with van der Waals surface area (Å²) in [6.45, 7) is 1.63. The van der Waals surface area contributed by atoms with Crippen molar-refractivity contribution < 1.29 is 18.7 Å². The Bertz CT molecular complexity index is 1510. The number of fused-ring (bicyclic) bond motifs is 2. The van der Waals surface area contributed by atoms with Crippen LogP contribution in [0.2, 0.25) is 5.02 Å². The summed E-state index contributed by atoms with van der Waals surface area (Å²) >= 11 is 6.21. The molecule has 2 N–H and O–H groups in total. The molecule has 170 valence electrons. The highest BCUT2D eigenvalue weighted by molar-refractivity contribution is 6.31. The number of carbonyl (C=O) groups excluding carboxylic acids is 2. The molecule has 7 nitrogen and oxygen atoms in total. The van der Waals surface area contributed by atoms with Crippen molar-refractivity contribution in [2.24, 2.45) is 5.73 Å². The second kappa shape index (κ2) is 8.35. The van der Waals surface area contributed by atoms with Crippen molar-refractivity contribution >= 4 is 40.1 Å². The van der Waals surface area contributed by atoms with Crippen LogP contribution in [0.25, 0.3) is 11.0 Å². The Hall–Kier alpha value is -4.10. The highest BCUT2D eigenvalue weighted by atomic mass is 35.5. The van der Waals surface area contributed by atoms with E-state index in [4.69, 9.17) is 26.5 Å². The molecule has 8 heteroatoms. The molecule has 0 fully saturated rings. The van der Waals surface area contributed by atoms with E-state index in [0.717, 1.165) is 5.56 Å². The number of rotatable bonds is 5. The topological polar surface area (TPSA) is 103 Å². The number of nitrogens with two attached hydrogens (primary N) is 1. The predicted molar refractivity (Wildman–Crippen MR) is 128 cm³/mol. The molecular weight excluding hydrogens is 456 g/mol. The molecule has 0 saturated heterocycles. The molecule has 5 rings (SSSR count). The van der Waals surface area contributed by atoms with Crippen molar-refractivity contribution in [2.75, 3.05) is 11.5 Å². The van der Waals surface area contributed by atoms with E-state index in [1.165, 1.54) is 4.90 Å². The Morgan fingerprint density at radius 1 is 1.09 bits per heavy atom. The Morgan fingerprint density at radius 2 is 1.85 bits per heavy atom. The van der Waals surface area contributed by atoms with E-state index in [1.807, 2.05) is 13.0 Å². The third-order valence-electron chi connectivity index (χ3n) is 5.69. The third-order valence-corrected chi connectivity index (χ3v) is 5.92. The minimum absolute atomic E-state index is 0.000355. The number of amides is 2. The fraction of sp³-hybridized carbons (Fsp3) is 0.115. The van der Waals surface area contributed by atoms with Gasteiger partial charge in [0.25, 0.3) is 11.8 Å². The smallest absolute Gasteiger partial charge is 0.295 e. The van der Waals surface area contributed by atoms with Crippen molar-refractivity contribution in [3.63, 3.8) is 0 Å². The van der Waals surface area contributed by atoms with Gasteiger partial charge in [0.1, 0.15) is 11.3 Å². The Balaban J connectivity index is 1.70. The highest BCUT2D eigenvalue weighted by Gasteiger charge is 2.43. The van der Waals surface area contributed by atoms with Crippen molar-refractivity contribution in [1.82, 2.24) is 0 Å². The van der Waals surface area contributed by atoms with E-state index >= 15 is 0 Å². The van der Waals surface area contributed by atoms with E-state index in [-0.39, 0.29) is 23.4 Å². The minimum atomic E-state index is -0.743. The van der Waals surface area contributed by atoms with Crippen LogP contribution >= 0.6 is 11.6 Å². The fourth-order valence-corrected chi connectivity index (χ4v) is 4.38. The van der Waals surface area contributed by atoms with Gasteiger partial charge in [0.15, 0.2) is 12.0 Å². The molecule has 0 saturated carbocycles. The molecule has 1 aliphatic rings. The molecule has 2 amide bonds. The summed E-state index contributed by atoms with van der Waals surface area (Å²) in [7, 11) is 0. The summed E-state index contributed by atoms with van der Waals surface area (Å²) in [6, 6.07) is 18.2. The number of halogens is 1. The Morgan fingerprint density at radius 3 is 2.56 bits per heavy atom. The van der Waals surface area contributed by atoms with Crippen molar-refractivity contribution in [3.05, 3.63) is 104 Å². The van der Waals surface area contributed by atoms with Gasteiger partial charge in [-0.2, -0.15) is 0 Å². The first-order chi connectivity index (χ1) is 16.3. The lowest BCUT2D eigenvalue weighted by Gasteiger charge is -2.25. The summed E-state index contributed by atoms with van der Waals surface area (Å²) in [5, 5.41) is 0.862. The minimum Gasteiger partial charge on any atom is -0.484 e. The second-order valence-electron chi connectivity index (χ2n) is 8.06. The van der Waals surface area contributed by atoms with Crippen LogP contribution in [0.3, 0.4) is 0 Å². The first-order valence-electron chi connectivity index (χ1n) is 10.5. The van der Waals surface area contributed by atoms with Crippen molar-refractivity contribution in [1.29, 1.82) is 0 Å². The number of benzene rings is 3. The molecule has 1 atom stereocenters. The van der Waals surface area contributed by atoms with Gasteiger partial charge >= 0.3 is 0 Å². The molecule has 1 aromatic heterocycles. The van der Waals surface area contributed by atoms with E-state index in [2.05, 4.69) is 0 Å². The number of ether oxygens (including phenoxy) is 1. The Labute approximate surface area is 199 Å². The average molecular weight is 475 g/mol. The lowest BCUT2D eigenvalue weighted by Crippen LogP contribution is -2.29. The second-order valence-corrected chi connectivity index (χ2v) is 8.49. The summed E-state index contributed by atoms with van der Waals surface area (Å²) in [5.74, 6) is -0.592. The monoisotopic (exact) mass is 474 g/mol. The standard InChI is InChI=1S/C26H19ClN2O5/c1-14-5-10-20-19(11-14)24(31)22-23(15-6-8-18(9-7-15)33-13-21(28)30)29(26(32)25(22)34-20)17-4-2-3-16(27)12-17/h2-12,23H,13H2,1H3,(H2,28,30). The van der Waals surface area contributed by atoms with E-state index < -0.39 is 17.9 Å². The zero-order chi connectivity index (χ0) is 24.0. The van der Waals surface area contributed by atoms with Crippen LogP contribution in [0, 0.1) is 6.92 Å². The van der Waals surface area contributed by atoms with Gasteiger partial charge < -0.3 is 14.9 Å². The van der Waals surface area contributed by atoms with Gasteiger partial charge in [0, 0.05) is 10.7 Å². The molecule has 1 aliphatic heterocycles. The van der Waals surface area contributed by atoms with Crippen molar-refractivity contribution in [3.8, 4) is 5.75 Å². The molecule has 0 spiro atoms. The lowest BCUT2D eigenvalue weighted by atomic mass is 9.98. The summed E-state index contributed by atoms with van der Waals surface area (Å²) in [6.07, 6.45) is 0. The van der Waals surface area contributed by atoms with E-state index in [1.54, 1.807) is 60.7 Å². The van der Waals surface area contributed by atoms with Gasteiger partial charge in [-0.05, 0) is 55.0 Å². The normalized spacial score (nSPS) is 14.9. The van der Waals surface area contributed by atoms with Crippen LogP contribution in [-0.4, -0.2) is 18.4 Å². The van der Waals surface area contributed by atoms with Crippen LogP contribution in [0.15, 0.2) is 75.9 Å². The highest BCUT2D eigenvalue weighted by Crippen LogP contribution is 2.42. The zero-order valence-corrected chi connectivity index (χ0v) is 18.8. The number of carbonyl (C=O) groups is 2. The largest absolute Gasteiger partial charge is 0.484 e. The Kier molecular flexibility index (Phi) is 5.34. The number of primary amides is 1. The first kappa shape index (κ1) is 21.7. The fourth-order valence-electron chi connectivity index (χ4n) is 4.20. The van der Waals surface area contributed by atoms with Crippen LogP contribution < -0.4 is 20.8 Å². The summed E-state index contributed by atoms with van der Waals surface area (Å²) < 4.78 is 11.3. The maximum Gasteiger partial charge on any atom is 0.295 e.